The Hall–Kier alpha value is -0.715. The molecule has 0 aliphatic heterocycles. The van der Waals surface area contributed by atoms with Gasteiger partial charge >= 0.3 is 13.1 Å². The zero-order valence-electron chi connectivity index (χ0n) is 10.7. The van der Waals surface area contributed by atoms with Gasteiger partial charge in [-0.3, -0.25) is 4.79 Å². The van der Waals surface area contributed by atoms with Crippen LogP contribution in [0.15, 0.2) is 0 Å². The van der Waals surface area contributed by atoms with Crippen molar-refractivity contribution in [3.05, 3.63) is 0 Å². The Morgan fingerprint density at radius 3 is 2.32 bits per heavy atom. The molecular formula is C8H20BN3O6S. The molecule has 0 saturated carbocycles. The van der Waals surface area contributed by atoms with Crippen LogP contribution in [0.25, 0.3) is 0 Å². The Balaban J connectivity index is 4.55. The van der Waals surface area contributed by atoms with Gasteiger partial charge in [0.2, 0.25) is 0 Å². The molecule has 11 heteroatoms. The summed E-state index contributed by atoms with van der Waals surface area (Å²) in [6.45, 7) is -0.131. The Morgan fingerprint density at radius 2 is 1.95 bits per heavy atom. The predicted octanol–water partition coefficient (Wildman–Crippen LogP) is -2.53. The number of hydrogen-bond donors (Lipinski definition) is 6. The first kappa shape index (κ1) is 18.3. The fraction of sp³-hybridized carbons (Fsp3) is 0.875. The van der Waals surface area contributed by atoms with E-state index in [2.05, 4.69) is 5.32 Å². The van der Waals surface area contributed by atoms with Crippen LogP contribution < -0.4 is 15.2 Å². The van der Waals surface area contributed by atoms with Gasteiger partial charge in [-0.2, -0.15) is 8.42 Å². The molecule has 1 unspecified atom stereocenters. The number of carbonyl (C=O) groups is 1. The molecule has 9 nitrogen and oxygen atoms in total. The Morgan fingerprint density at radius 1 is 1.37 bits per heavy atom. The average molecular weight is 297 g/mol. The van der Waals surface area contributed by atoms with Gasteiger partial charge in [0.1, 0.15) is 5.54 Å². The van der Waals surface area contributed by atoms with Gasteiger partial charge in [-0.25, -0.2) is 9.86 Å². The molecule has 0 heterocycles. The number of carboxylic acid groups (broad SMARTS) is 1. The zero-order chi connectivity index (χ0) is 15.1. The van der Waals surface area contributed by atoms with Gasteiger partial charge in [0.25, 0.3) is 10.2 Å². The van der Waals surface area contributed by atoms with E-state index < -0.39 is 28.8 Å². The zero-order valence-corrected chi connectivity index (χ0v) is 11.5. The van der Waals surface area contributed by atoms with E-state index in [1.54, 1.807) is 0 Å². The smallest absolute Gasteiger partial charge is 0.451 e. The standard InChI is InChI=1S/C8H20BN3O6S/c1-11-8(7(13)14,3-2-5-9(15)16)4-6-12-19(10,17)18/h11-12,15-16H,2-6H2,1H3,(H,13,14)(H2,10,17,18). The van der Waals surface area contributed by atoms with Crippen molar-refractivity contribution < 1.29 is 28.4 Å². The summed E-state index contributed by atoms with van der Waals surface area (Å²) in [5, 5.41) is 34.1. The third-order valence-electron chi connectivity index (χ3n) is 2.81. The molecule has 112 valence electrons. The van der Waals surface area contributed by atoms with Gasteiger partial charge in [-0.1, -0.05) is 6.42 Å². The van der Waals surface area contributed by atoms with Crippen LogP contribution >= 0.6 is 0 Å². The lowest BCUT2D eigenvalue weighted by molar-refractivity contribution is -0.145. The van der Waals surface area contributed by atoms with E-state index in [0.717, 1.165) is 0 Å². The van der Waals surface area contributed by atoms with Crippen molar-refractivity contribution in [3.63, 3.8) is 0 Å². The lowest BCUT2D eigenvalue weighted by Crippen LogP contribution is -2.52. The van der Waals surface area contributed by atoms with Crippen LogP contribution in [0, 0.1) is 0 Å². The molecule has 0 fully saturated rings. The SMILES string of the molecule is CNC(CCCB(O)O)(CCNS(N)(=O)=O)C(=O)O. The highest BCUT2D eigenvalue weighted by molar-refractivity contribution is 7.87. The van der Waals surface area contributed by atoms with Crippen molar-refractivity contribution in [1.29, 1.82) is 0 Å². The van der Waals surface area contributed by atoms with E-state index in [-0.39, 0.29) is 32.1 Å². The maximum absolute atomic E-state index is 11.3. The summed E-state index contributed by atoms with van der Waals surface area (Å²) in [4.78, 5) is 11.3. The van der Waals surface area contributed by atoms with Crippen molar-refractivity contribution in [2.75, 3.05) is 13.6 Å². The summed E-state index contributed by atoms with van der Waals surface area (Å²) < 4.78 is 23.4. The summed E-state index contributed by atoms with van der Waals surface area (Å²) in [7, 11) is -3.91. The van der Waals surface area contributed by atoms with E-state index in [4.69, 9.17) is 15.2 Å². The quantitative estimate of drug-likeness (QED) is 0.242. The van der Waals surface area contributed by atoms with Crippen molar-refractivity contribution in [3.8, 4) is 0 Å². The van der Waals surface area contributed by atoms with E-state index in [9.17, 15) is 18.3 Å². The van der Waals surface area contributed by atoms with E-state index in [1.165, 1.54) is 7.05 Å². The number of nitrogens with two attached hydrogens (primary N) is 1. The van der Waals surface area contributed by atoms with Gasteiger partial charge in [0.05, 0.1) is 0 Å². The number of carboxylic acids is 1. The fourth-order valence-corrected chi connectivity index (χ4v) is 2.08. The summed E-state index contributed by atoms with van der Waals surface area (Å²) in [5.41, 5.74) is -1.34. The second kappa shape index (κ2) is 7.77. The first-order valence-corrected chi connectivity index (χ1v) is 7.23. The molecule has 1 atom stereocenters. The van der Waals surface area contributed by atoms with Crippen LogP contribution in [-0.4, -0.2) is 55.8 Å². The number of rotatable bonds is 10. The normalized spacial score (nSPS) is 14.9. The average Bonchev–Trinajstić information content (AvgIpc) is 2.24. The summed E-state index contributed by atoms with van der Waals surface area (Å²) >= 11 is 0. The van der Waals surface area contributed by atoms with E-state index >= 15 is 0 Å². The van der Waals surface area contributed by atoms with Gasteiger partial charge in [0.15, 0.2) is 0 Å². The van der Waals surface area contributed by atoms with Gasteiger partial charge in [0, 0.05) is 6.54 Å². The highest BCUT2D eigenvalue weighted by Gasteiger charge is 2.36. The van der Waals surface area contributed by atoms with Crippen LogP contribution in [0.4, 0.5) is 0 Å². The lowest BCUT2D eigenvalue weighted by atomic mass is 9.79. The van der Waals surface area contributed by atoms with Gasteiger partial charge in [-0.05, 0) is 26.2 Å². The molecule has 0 rings (SSSR count). The Labute approximate surface area is 112 Å². The Bertz CT molecular complexity index is 390. The second-order valence-electron chi connectivity index (χ2n) is 4.20. The molecule has 0 amide bonds. The van der Waals surface area contributed by atoms with Crippen molar-refractivity contribution in [1.82, 2.24) is 10.0 Å². The van der Waals surface area contributed by atoms with Gasteiger partial charge in [-0.15, -0.1) is 0 Å². The van der Waals surface area contributed by atoms with Gasteiger partial charge < -0.3 is 20.5 Å². The number of likely N-dealkylation sites (N-methyl/N-ethyl adjacent to an activating group) is 1. The van der Waals surface area contributed by atoms with Crippen LogP contribution in [-0.2, 0) is 15.0 Å². The van der Waals surface area contributed by atoms with E-state index in [1.807, 2.05) is 4.72 Å². The highest BCUT2D eigenvalue weighted by Crippen LogP contribution is 2.19. The summed E-state index contributed by atoms with van der Waals surface area (Å²) in [6.07, 6.45) is 0.416. The third kappa shape index (κ3) is 7.45. The minimum Gasteiger partial charge on any atom is -0.480 e. The second-order valence-corrected chi connectivity index (χ2v) is 5.58. The molecule has 0 aromatic rings. The molecule has 0 aromatic carbocycles. The van der Waals surface area contributed by atoms with Crippen molar-refractivity contribution in [2.24, 2.45) is 5.14 Å². The molecule has 0 radical (unpaired) electrons. The first-order chi connectivity index (χ1) is 8.63. The maximum Gasteiger partial charge on any atom is 0.451 e. The lowest BCUT2D eigenvalue weighted by Gasteiger charge is -2.29. The first-order valence-electron chi connectivity index (χ1n) is 5.69. The highest BCUT2D eigenvalue weighted by atomic mass is 32.2. The summed E-state index contributed by atoms with van der Waals surface area (Å²) in [6, 6.07) is 0. The fourth-order valence-electron chi connectivity index (χ4n) is 1.69. The topological polar surface area (TPSA) is 162 Å². The predicted molar refractivity (Wildman–Crippen MR) is 69.4 cm³/mol. The van der Waals surface area contributed by atoms with Crippen molar-refractivity contribution in [2.45, 2.75) is 31.1 Å². The monoisotopic (exact) mass is 297 g/mol. The molecule has 0 saturated heterocycles. The van der Waals surface area contributed by atoms with Crippen LogP contribution in [0.3, 0.4) is 0 Å². The molecule has 7 N–H and O–H groups in total. The van der Waals surface area contributed by atoms with Crippen LogP contribution in [0.5, 0.6) is 0 Å². The van der Waals surface area contributed by atoms with E-state index in [0.29, 0.717) is 0 Å². The maximum atomic E-state index is 11.3. The van der Waals surface area contributed by atoms with Crippen molar-refractivity contribution >= 4 is 23.3 Å². The Kier molecular flexibility index (Phi) is 7.48. The largest absolute Gasteiger partial charge is 0.480 e. The molecular weight excluding hydrogens is 277 g/mol. The third-order valence-corrected chi connectivity index (χ3v) is 3.42. The summed E-state index contributed by atoms with van der Waals surface area (Å²) in [5.74, 6) is -1.14. The number of nitrogens with one attached hydrogen (secondary N) is 2. The minimum absolute atomic E-state index is 0.0171. The number of aliphatic carboxylic acids is 1. The molecule has 0 aliphatic rings. The minimum atomic E-state index is -3.87. The van der Waals surface area contributed by atoms with Crippen LogP contribution in [0.1, 0.15) is 19.3 Å². The number of hydrogen-bond acceptors (Lipinski definition) is 6. The molecule has 19 heavy (non-hydrogen) atoms. The molecule has 0 spiro atoms. The molecule has 0 aliphatic carbocycles. The van der Waals surface area contributed by atoms with Crippen LogP contribution in [0.2, 0.25) is 6.32 Å². The molecule has 0 bridgehead atoms. The molecule has 0 aromatic heterocycles.